The van der Waals surface area contributed by atoms with Gasteiger partial charge in [-0.05, 0) is 39.0 Å². The minimum Gasteiger partial charge on any atom is -0.461 e. The third-order valence-corrected chi connectivity index (χ3v) is 6.02. The van der Waals surface area contributed by atoms with Gasteiger partial charge in [0, 0.05) is 16.3 Å². The summed E-state index contributed by atoms with van der Waals surface area (Å²) >= 11 is 0. The van der Waals surface area contributed by atoms with Crippen LogP contribution in [0.3, 0.4) is 0 Å². The molecular weight excluding hydrogens is 355 g/mol. The smallest absolute Gasteiger partial charge is 0.362 e. The largest absolute Gasteiger partial charge is 0.461 e. The first-order valence-corrected chi connectivity index (χ1v) is 10.1. The topological polar surface area (TPSA) is 90.5 Å². The van der Waals surface area contributed by atoms with Gasteiger partial charge in [0.05, 0.1) is 36.8 Å². The quantitative estimate of drug-likeness (QED) is 0.498. The average molecular weight is 376 g/mol. The fourth-order valence-corrected chi connectivity index (χ4v) is 4.71. The molecule has 0 fully saturated rings. The van der Waals surface area contributed by atoms with Gasteiger partial charge in [0.2, 0.25) is 0 Å². The number of benzene rings is 1. The van der Waals surface area contributed by atoms with E-state index in [1.54, 1.807) is 45.2 Å². The maximum atomic E-state index is 13.3. The lowest BCUT2D eigenvalue weighted by molar-refractivity contribution is 0.0519. The molecule has 3 rings (SSSR count). The average Bonchev–Trinajstić information content (AvgIpc) is 3.00. The Bertz CT molecular complexity index is 988. The maximum absolute atomic E-state index is 13.3. The van der Waals surface area contributed by atoms with Crippen LogP contribution < -0.4 is 5.30 Å². The Morgan fingerprint density at radius 1 is 1.12 bits per heavy atom. The fourth-order valence-electron chi connectivity index (χ4n) is 2.90. The summed E-state index contributed by atoms with van der Waals surface area (Å²) in [6.45, 7) is 6.05. The first-order chi connectivity index (χ1) is 12.5. The second-order valence-electron chi connectivity index (χ2n) is 5.49. The van der Waals surface area contributed by atoms with E-state index < -0.39 is 13.6 Å². The van der Waals surface area contributed by atoms with Gasteiger partial charge in [-0.1, -0.05) is 6.07 Å². The minimum atomic E-state index is -3.50. The van der Waals surface area contributed by atoms with Crippen LogP contribution in [0.4, 0.5) is 0 Å². The molecule has 8 heteroatoms. The Kier molecular flexibility index (Phi) is 5.41. The van der Waals surface area contributed by atoms with E-state index >= 15 is 0 Å². The van der Waals surface area contributed by atoms with Crippen LogP contribution in [0.25, 0.3) is 21.8 Å². The molecule has 0 saturated heterocycles. The number of nitrogens with zero attached hydrogens (tertiary/aromatic N) is 1. The molecule has 0 radical (unpaired) electrons. The van der Waals surface area contributed by atoms with Crippen molar-refractivity contribution >= 4 is 40.7 Å². The standard InChI is InChI=1S/C18H21N2O5P/c1-4-23-18(21)14-10-12-15(11-19-14)20-13-8-7-9-16(17(12)13)26(22,24-5-2)25-6-3/h7-11,20H,4-6H2,1-3H3. The van der Waals surface area contributed by atoms with Gasteiger partial charge in [-0.2, -0.15) is 0 Å². The van der Waals surface area contributed by atoms with Gasteiger partial charge in [0.25, 0.3) is 0 Å². The summed E-state index contributed by atoms with van der Waals surface area (Å²) in [6, 6.07) is 7.02. The molecule has 0 amide bonds. The molecule has 0 spiro atoms. The molecule has 138 valence electrons. The summed E-state index contributed by atoms with van der Waals surface area (Å²) in [7, 11) is -3.50. The zero-order valence-corrected chi connectivity index (χ0v) is 15.8. The van der Waals surface area contributed by atoms with Crippen molar-refractivity contribution in [3.8, 4) is 0 Å². The summed E-state index contributed by atoms with van der Waals surface area (Å²) in [5.41, 5.74) is 1.68. The van der Waals surface area contributed by atoms with E-state index in [9.17, 15) is 9.36 Å². The fraction of sp³-hybridized carbons (Fsp3) is 0.333. The van der Waals surface area contributed by atoms with Crippen molar-refractivity contribution in [2.24, 2.45) is 0 Å². The van der Waals surface area contributed by atoms with Crippen LogP contribution in [0.2, 0.25) is 0 Å². The van der Waals surface area contributed by atoms with E-state index in [1.165, 1.54) is 0 Å². The summed E-state index contributed by atoms with van der Waals surface area (Å²) < 4.78 is 29.4. The van der Waals surface area contributed by atoms with E-state index in [0.717, 1.165) is 11.0 Å². The molecule has 26 heavy (non-hydrogen) atoms. The van der Waals surface area contributed by atoms with Crippen molar-refractivity contribution in [2.45, 2.75) is 20.8 Å². The number of hydrogen-bond acceptors (Lipinski definition) is 6. The Balaban J connectivity index is 2.27. The molecule has 2 aromatic heterocycles. The molecule has 0 unspecified atom stereocenters. The number of ether oxygens (including phenoxy) is 1. The lowest BCUT2D eigenvalue weighted by atomic mass is 10.1. The van der Waals surface area contributed by atoms with Crippen LogP contribution in [0.5, 0.6) is 0 Å². The molecule has 3 aromatic rings. The van der Waals surface area contributed by atoms with E-state index in [-0.39, 0.29) is 25.5 Å². The van der Waals surface area contributed by atoms with Crippen LogP contribution in [-0.4, -0.2) is 35.8 Å². The van der Waals surface area contributed by atoms with Crippen LogP contribution in [0.1, 0.15) is 31.3 Å². The van der Waals surface area contributed by atoms with Crippen molar-refractivity contribution in [3.63, 3.8) is 0 Å². The second kappa shape index (κ2) is 7.58. The molecule has 0 bridgehead atoms. The minimum absolute atomic E-state index is 0.192. The Morgan fingerprint density at radius 3 is 2.50 bits per heavy atom. The SMILES string of the molecule is CCOC(=O)c1cc2c(cn1)[nH]c1cccc(P(=O)(OCC)OCC)c12. The normalized spacial score (nSPS) is 12.0. The van der Waals surface area contributed by atoms with Gasteiger partial charge in [-0.3, -0.25) is 4.57 Å². The van der Waals surface area contributed by atoms with Crippen molar-refractivity contribution in [1.29, 1.82) is 0 Å². The number of carbonyl (C=O) groups excluding carboxylic acids is 1. The molecule has 2 heterocycles. The van der Waals surface area contributed by atoms with Gasteiger partial charge in [0.15, 0.2) is 0 Å². The van der Waals surface area contributed by atoms with Crippen LogP contribution >= 0.6 is 7.60 Å². The number of rotatable bonds is 7. The highest BCUT2D eigenvalue weighted by molar-refractivity contribution is 7.62. The molecule has 0 aliphatic rings. The number of esters is 1. The highest BCUT2D eigenvalue weighted by atomic mass is 31.2. The van der Waals surface area contributed by atoms with E-state index in [4.69, 9.17) is 13.8 Å². The van der Waals surface area contributed by atoms with Gasteiger partial charge in [-0.15, -0.1) is 0 Å². The van der Waals surface area contributed by atoms with Crippen molar-refractivity contribution in [2.75, 3.05) is 19.8 Å². The Morgan fingerprint density at radius 2 is 1.85 bits per heavy atom. The molecule has 1 aromatic carbocycles. The van der Waals surface area contributed by atoms with Crippen molar-refractivity contribution < 1.29 is 23.1 Å². The van der Waals surface area contributed by atoms with E-state index in [2.05, 4.69) is 9.97 Å². The summed E-state index contributed by atoms with van der Waals surface area (Å²) in [5, 5.41) is 1.87. The molecule has 0 aliphatic heterocycles. The molecule has 0 saturated carbocycles. The van der Waals surface area contributed by atoms with Gasteiger partial charge >= 0.3 is 13.6 Å². The van der Waals surface area contributed by atoms with Crippen molar-refractivity contribution in [3.05, 3.63) is 36.2 Å². The maximum Gasteiger partial charge on any atom is 0.362 e. The zero-order valence-electron chi connectivity index (χ0n) is 14.9. The number of aromatic nitrogens is 2. The van der Waals surface area contributed by atoms with Crippen LogP contribution in [0, 0.1) is 0 Å². The highest BCUT2D eigenvalue weighted by Gasteiger charge is 2.30. The number of pyridine rings is 1. The number of nitrogens with one attached hydrogen (secondary N) is 1. The zero-order chi connectivity index (χ0) is 18.7. The number of hydrogen-bond donors (Lipinski definition) is 1. The predicted octanol–water partition coefficient (Wildman–Crippen LogP) is 3.78. The summed E-state index contributed by atoms with van der Waals surface area (Å²) in [4.78, 5) is 19.4. The highest BCUT2D eigenvalue weighted by Crippen LogP contribution is 2.49. The van der Waals surface area contributed by atoms with Crippen LogP contribution in [0.15, 0.2) is 30.5 Å². The molecule has 0 atom stereocenters. The molecule has 0 aliphatic carbocycles. The number of aromatic amines is 1. The monoisotopic (exact) mass is 376 g/mol. The van der Waals surface area contributed by atoms with Gasteiger partial charge in [-0.25, -0.2) is 9.78 Å². The third-order valence-electron chi connectivity index (χ3n) is 3.86. The summed E-state index contributed by atoms with van der Waals surface area (Å²) in [5.74, 6) is -0.501. The Labute approximate surface area is 151 Å². The third kappa shape index (κ3) is 3.26. The Hall–Kier alpha value is -2.21. The molecule has 1 N–H and O–H groups in total. The molecular formula is C18H21N2O5P. The number of fused-ring (bicyclic) bond motifs is 3. The predicted molar refractivity (Wildman–Crippen MR) is 100 cm³/mol. The lowest BCUT2D eigenvalue weighted by Crippen LogP contribution is -2.11. The first kappa shape index (κ1) is 18.6. The van der Waals surface area contributed by atoms with Gasteiger partial charge < -0.3 is 18.8 Å². The molecule has 7 nitrogen and oxygen atoms in total. The lowest BCUT2D eigenvalue weighted by Gasteiger charge is -2.18. The summed E-state index contributed by atoms with van der Waals surface area (Å²) in [6.07, 6.45) is 1.57. The van der Waals surface area contributed by atoms with Crippen LogP contribution in [-0.2, 0) is 18.3 Å². The second-order valence-corrected chi connectivity index (χ2v) is 7.49. The first-order valence-electron chi connectivity index (χ1n) is 8.51. The van der Waals surface area contributed by atoms with Gasteiger partial charge in [0.1, 0.15) is 5.69 Å². The van der Waals surface area contributed by atoms with Crippen molar-refractivity contribution in [1.82, 2.24) is 9.97 Å². The van der Waals surface area contributed by atoms with E-state index in [1.807, 2.05) is 6.07 Å². The number of H-pyrrole nitrogens is 1. The number of carbonyl (C=O) groups is 1. The van der Waals surface area contributed by atoms with E-state index in [0.29, 0.717) is 16.1 Å².